The Morgan fingerprint density at radius 2 is 2.00 bits per heavy atom. The van der Waals surface area contributed by atoms with E-state index in [0.29, 0.717) is 0 Å². The molecule has 1 aliphatic heterocycles. The molecule has 0 saturated heterocycles. The number of thiophene rings is 1. The van der Waals surface area contributed by atoms with E-state index in [1.807, 2.05) is 30.3 Å². The fraction of sp³-hybridized carbons (Fsp3) is 0.111. The zero-order valence-corrected chi connectivity index (χ0v) is 13.3. The fourth-order valence-electron chi connectivity index (χ4n) is 2.85. The number of hydrogen-bond acceptors (Lipinski definition) is 4. The average Bonchev–Trinajstić information content (AvgIpc) is 2.88. The first-order chi connectivity index (χ1) is 11.1. The highest BCUT2D eigenvalue weighted by Crippen LogP contribution is 2.40. The number of amides is 1. The van der Waals surface area contributed by atoms with E-state index < -0.39 is 0 Å². The van der Waals surface area contributed by atoms with E-state index >= 15 is 0 Å². The molecule has 2 aromatic carbocycles. The summed E-state index contributed by atoms with van der Waals surface area (Å²) >= 11 is 1.62. The maximum Gasteiger partial charge on any atom is 0.248 e. The van der Waals surface area contributed by atoms with Crippen LogP contribution in [0.3, 0.4) is 0 Å². The number of phenolic OH excluding ortho intramolecular Hbond substituents is 1. The highest BCUT2D eigenvalue weighted by Gasteiger charge is 2.26. The average molecular weight is 322 g/mol. The van der Waals surface area contributed by atoms with Crippen LogP contribution in [0.25, 0.3) is 10.1 Å². The fourth-order valence-corrected chi connectivity index (χ4v) is 4.11. The third-order valence-corrected chi connectivity index (χ3v) is 5.15. The minimum absolute atomic E-state index is 0.0371. The predicted octanol–water partition coefficient (Wildman–Crippen LogP) is 3.42. The SMILES string of the molecule is CN1C(=O)CN=C(c2cccc(O)c2)c2sc3ccccc3c21. The van der Waals surface area contributed by atoms with Crippen molar-refractivity contribution in [1.82, 2.24) is 0 Å². The Balaban J connectivity index is 2.02. The minimum Gasteiger partial charge on any atom is -0.508 e. The third-order valence-electron chi connectivity index (χ3n) is 3.99. The molecular formula is C18H14N2O2S. The van der Waals surface area contributed by atoms with Gasteiger partial charge in [-0.2, -0.15) is 0 Å². The van der Waals surface area contributed by atoms with Crippen molar-refractivity contribution in [3.8, 4) is 5.75 Å². The first kappa shape index (κ1) is 14.0. The van der Waals surface area contributed by atoms with Gasteiger partial charge in [0.05, 0.1) is 16.3 Å². The van der Waals surface area contributed by atoms with Crippen LogP contribution in [0.4, 0.5) is 5.69 Å². The summed E-state index contributed by atoms with van der Waals surface area (Å²) in [5, 5.41) is 10.8. The van der Waals surface area contributed by atoms with Crippen molar-refractivity contribution < 1.29 is 9.90 Å². The van der Waals surface area contributed by atoms with Crippen LogP contribution in [-0.2, 0) is 4.79 Å². The van der Waals surface area contributed by atoms with Crippen molar-refractivity contribution in [1.29, 1.82) is 0 Å². The Bertz CT molecular complexity index is 959. The molecule has 0 fully saturated rings. The summed E-state index contributed by atoms with van der Waals surface area (Å²) in [5.74, 6) is 0.154. The third kappa shape index (κ3) is 2.21. The van der Waals surface area contributed by atoms with Gasteiger partial charge in [0.1, 0.15) is 12.3 Å². The van der Waals surface area contributed by atoms with Crippen molar-refractivity contribution in [3.05, 3.63) is 59.0 Å². The first-order valence-electron chi connectivity index (χ1n) is 7.27. The molecule has 3 aromatic rings. The Morgan fingerprint density at radius 1 is 1.17 bits per heavy atom. The molecule has 0 atom stereocenters. The van der Waals surface area contributed by atoms with Crippen LogP contribution in [0, 0.1) is 0 Å². The molecular weight excluding hydrogens is 308 g/mol. The number of hydrogen-bond donors (Lipinski definition) is 1. The number of fused-ring (bicyclic) bond motifs is 3. The summed E-state index contributed by atoms with van der Waals surface area (Å²) in [4.78, 5) is 19.5. The first-order valence-corrected chi connectivity index (χ1v) is 8.09. The minimum atomic E-state index is -0.0371. The number of rotatable bonds is 1. The summed E-state index contributed by atoms with van der Waals surface area (Å²) < 4.78 is 1.12. The molecule has 4 nitrogen and oxygen atoms in total. The number of likely N-dealkylation sites (N-methyl/N-ethyl adjacent to an activating group) is 1. The monoisotopic (exact) mass is 322 g/mol. The van der Waals surface area contributed by atoms with Crippen LogP contribution in [-0.4, -0.2) is 30.3 Å². The second-order valence-electron chi connectivity index (χ2n) is 5.44. The van der Waals surface area contributed by atoms with Crippen LogP contribution >= 0.6 is 11.3 Å². The van der Waals surface area contributed by atoms with E-state index in [1.54, 1.807) is 41.5 Å². The molecule has 0 spiro atoms. The van der Waals surface area contributed by atoms with Crippen molar-refractivity contribution >= 4 is 38.7 Å². The van der Waals surface area contributed by atoms with Crippen LogP contribution < -0.4 is 4.90 Å². The Hall–Kier alpha value is -2.66. The van der Waals surface area contributed by atoms with Crippen LogP contribution in [0.2, 0.25) is 0 Å². The van der Waals surface area contributed by atoms with E-state index in [-0.39, 0.29) is 18.2 Å². The molecule has 0 radical (unpaired) electrons. The van der Waals surface area contributed by atoms with Gasteiger partial charge in [0.15, 0.2) is 0 Å². The second-order valence-corrected chi connectivity index (χ2v) is 6.50. The number of phenols is 1. The van der Waals surface area contributed by atoms with Crippen molar-refractivity contribution in [2.75, 3.05) is 18.5 Å². The number of aliphatic imine (C=N–C) groups is 1. The quantitative estimate of drug-likeness (QED) is 0.746. The molecule has 1 aliphatic rings. The molecule has 0 unspecified atom stereocenters. The van der Waals surface area contributed by atoms with Gasteiger partial charge in [-0.3, -0.25) is 9.79 Å². The standard InChI is InChI=1S/C18H14N2O2S/c1-20-15(22)10-19-16(11-5-4-6-12(21)9-11)18-17(20)13-7-2-3-8-14(13)23-18/h2-9,21H,10H2,1H3. The topological polar surface area (TPSA) is 52.9 Å². The smallest absolute Gasteiger partial charge is 0.248 e. The number of anilines is 1. The molecule has 23 heavy (non-hydrogen) atoms. The van der Waals surface area contributed by atoms with Crippen LogP contribution in [0.5, 0.6) is 5.75 Å². The lowest BCUT2D eigenvalue weighted by Gasteiger charge is -2.15. The highest BCUT2D eigenvalue weighted by atomic mass is 32.1. The van der Waals surface area contributed by atoms with Crippen LogP contribution in [0.15, 0.2) is 53.5 Å². The van der Waals surface area contributed by atoms with E-state index in [4.69, 9.17) is 0 Å². The molecule has 1 amide bonds. The van der Waals surface area contributed by atoms with E-state index in [2.05, 4.69) is 4.99 Å². The number of carbonyl (C=O) groups excluding carboxylic acids is 1. The zero-order chi connectivity index (χ0) is 16.0. The van der Waals surface area contributed by atoms with Gasteiger partial charge in [-0.15, -0.1) is 11.3 Å². The van der Waals surface area contributed by atoms with Crippen molar-refractivity contribution in [2.24, 2.45) is 4.99 Å². The molecule has 114 valence electrons. The summed E-state index contributed by atoms with van der Waals surface area (Å²) in [6, 6.07) is 15.0. The zero-order valence-electron chi connectivity index (χ0n) is 12.5. The highest BCUT2D eigenvalue weighted by molar-refractivity contribution is 7.22. The van der Waals surface area contributed by atoms with Gasteiger partial charge >= 0.3 is 0 Å². The van der Waals surface area contributed by atoms with Crippen LogP contribution in [0.1, 0.15) is 10.4 Å². The number of carbonyl (C=O) groups is 1. The lowest BCUT2D eigenvalue weighted by Crippen LogP contribution is -2.27. The Morgan fingerprint density at radius 3 is 2.83 bits per heavy atom. The van der Waals surface area contributed by atoms with Crippen molar-refractivity contribution in [2.45, 2.75) is 0 Å². The number of nitrogens with zero attached hydrogens (tertiary/aromatic N) is 2. The molecule has 1 aromatic heterocycles. The van der Waals surface area contributed by atoms with Gasteiger partial charge in [0.25, 0.3) is 0 Å². The van der Waals surface area contributed by atoms with E-state index in [0.717, 1.165) is 31.9 Å². The number of benzene rings is 2. The second kappa shape index (κ2) is 5.21. The summed E-state index contributed by atoms with van der Waals surface area (Å²) in [6.45, 7) is 0.108. The number of aromatic hydroxyl groups is 1. The van der Waals surface area contributed by atoms with Gasteiger partial charge in [0.2, 0.25) is 5.91 Å². The molecule has 2 heterocycles. The molecule has 5 heteroatoms. The summed E-state index contributed by atoms with van der Waals surface area (Å²) in [6.07, 6.45) is 0. The largest absolute Gasteiger partial charge is 0.508 e. The molecule has 0 saturated carbocycles. The maximum absolute atomic E-state index is 12.3. The summed E-state index contributed by atoms with van der Waals surface area (Å²) in [7, 11) is 1.79. The van der Waals surface area contributed by atoms with Gasteiger partial charge in [-0.25, -0.2) is 0 Å². The predicted molar refractivity (Wildman–Crippen MR) is 93.8 cm³/mol. The lowest BCUT2D eigenvalue weighted by molar-refractivity contribution is -0.116. The van der Waals surface area contributed by atoms with Gasteiger partial charge < -0.3 is 10.0 Å². The maximum atomic E-state index is 12.3. The molecule has 0 aliphatic carbocycles. The Labute approximate surface area is 137 Å². The lowest BCUT2D eigenvalue weighted by atomic mass is 10.1. The molecule has 1 N–H and O–H groups in total. The van der Waals surface area contributed by atoms with Crippen molar-refractivity contribution in [3.63, 3.8) is 0 Å². The van der Waals surface area contributed by atoms with E-state index in [1.165, 1.54) is 0 Å². The van der Waals surface area contributed by atoms with Gasteiger partial charge in [0, 0.05) is 22.7 Å². The molecule has 0 bridgehead atoms. The normalized spacial score (nSPS) is 14.6. The molecule has 4 rings (SSSR count). The van der Waals surface area contributed by atoms with Gasteiger partial charge in [-0.05, 0) is 18.2 Å². The summed E-state index contributed by atoms with van der Waals surface area (Å²) in [5.41, 5.74) is 2.48. The Kier molecular flexibility index (Phi) is 3.16. The van der Waals surface area contributed by atoms with E-state index in [9.17, 15) is 9.90 Å². The van der Waals surface area contributed by atoms with Gasteiger partial charge in [-0.1, -0.05) is 30.3 Å².